The smallest absolute Gasteiger partial charge is 0.171 e. The van der Waals surface area contributed by atoms with Crippen molar-refractivity contribution < 1.29 is 14.2 Å². The summed E-state index contributed by atoms with van der Waals surface area (Å²) in [5, 5.41) is 6.85. The quantitative estimate of drug-likeness (QED) is 0.889. The number of benzene rings is 1. The summed E-state index contributed by atoms with van der Waals surface area (Å²) in [6.07, 6.45) is 0.924. The number of hydrogen-bond donors (Lipinski definition) is 2. The molecule has 0 aliphatic carbocycles. The van der Waals surface area contributed by atoms with Crippen molar-refractivity contribution in [3.63, 3.8) is 0 Å². The van der Waals surface area contributed by atoms with Crippen LogP contribution in [0.15, 0.2) is 24.3 Å². The average molecular weight is 275 g/mol. The highest BCUT2D eigenvalue weighted by Gasteiger charge is 2.22. The van der Waals surface area contributed by atoms with Gasteiger partial charge in [0, 0.05) is 18.1 Å². The minimum absolute atomic E-state index is 0.0466. The second kappa shape index (κ2) is 5.42. The highest BCUT2D eigenvalue weighted by atomic mass is 16.6. The number of nitrogens with zero attached hydrogens (tertiary/aromatic N) is 1. The molecule has 0 radical (unpaired) electrons. The predicted octanol–water partition coefficient (Wildman–Crippen LogP) is 1.84. The molecule has 2 heterocycles. The highest BCUT2D eigenvalue weighted by Crippen LogP contribution is 2.38. The number of nitrogens with two attached hydrogens (primary N) is 1. The van der Waals surface area contributed by atoms with E-state index in [0.29, 0.717) is 23.9 Å². The van der Waals surface area contributed by atoms with Crippen molar-refractivity contribution in [2.75, 3.05) is 26.1 Å². The lowest BCUT2D eigenvalue weighted by atomic mass is 10.1. The molecule has 1 aromatic heterocycles. The van der Waals surface area contributed by atoms with Crippen LogP contribution in [0.5, 0.6) is 11.5 Å². The van der Waals surface area contributed by atoms with Crippen molar-refractivity contribution in [2.45, 2.75) is 12.5 Å². The van der Waals surface area contributed by atoms with E-state index in [-0.39, 0.29) is 6.10 Å². The van der Waals surface area contributed by atoms with Gasteiger partial charge in [0.05, 0.1) is 26.0 Å². The molecule has 0 spiro atoms. The zero-order valence-corrected chi connectivity index (χ0v) is 11.3. The number of hydrogen-bond acceptors (Lipinski definition) is 5. The Hall–Kier alpha value is -2.21. The third kappa shape index (κ3) is 2.42. The third-order valence-corrected chi connectivity index (χ3v) is 3.26. The Morgan fingerprint density at radius 2 is 2.35 bits per heavy atom. The maximum atomic E-state index is 6.05. The maximum Gasteiger partial charge on any atom is 0.171 e. The Morgan fingerprint density at radius 1 is 1.45 bits per heavy atom. The Labute approximate surface area is 116 Å². The number of para-hydroxylation sites is 1. The third-order valence-electron chi connectivity index (χ3n) is 3.26. The predicted molar refractivity (Wildman–Crippen MR) is 74.8 cm³/mol. The fourth-order valence-corrected chi connectivity index (χ4v) is 2.26. The number of aromatic amines is 1. The summed E-state index contributed by atoms with van der Waals surface area (Å²) in [6, 6.07) is 7.49. The van der Waals surface area contributed by atoms with Crippen molar-refractivity contribution in [1.82, 2.24) is 10.2 Å². The lowest BCUT2D eigenvalue weighted by Gasteiger charge is -2.17. The number of aromatic nitrogens is 2. The first kappa shape index (κ1) is 12.8. The molecular formula is C14H17N3O3. The topological polar surface area (TPSA) is 82.4 Å². The molecule has 1 aliphatic rings. The number of nitrogens with one attached hydrogen (secondary N) is 1. The van der Waals surface area contributed by atoms with Gasteiger partial charge in [-0.3, -0.25) is 5.10 Å². The van der Waals surface area contributed by atoms with E-state index in [1.165, 1.54) is 0 Å². The molecule has 2 aromatic rings. The van der Waals surface area contributed by atoms with Crippen LogP contribution in [-0.4, -0.2) is 36.6 Å². The number of methoxy groups -OCH3 is 1. The van der Waals surface area contributed by atoms with Crippen LogP contribution in [0.3, 0.4) is 0 Å². The van der Waals surface area contributed by atoms with Crippen LogP contribution in [0.4, 0.5) is 5.82 Å². The van der Waals surface area contributed by atoms with E-state index in [4.69, 9.17) is 19.9 Å². The molecule has 1 unspecified atom stereocenters. The summed E-state index contributed by atoms with van der Waals surface area (Å²) >= 11 is 0. The number of ether oxygens (including phenoxy) is 3. The van der Waals surface area contributed by atoms with Crippen LogP contribution < -0.4 is 15.2 Å². The van der Waals surface area contributed by atoms with E-state index in [0.717, 1.165) is 24.3 Å². The molecule has 3 N–H and O–H groups in total. The summed E-state index contributed by atoms with van der Waals surface area (Å²) in [5.41, 5.74) is 7.34. The second-order valence-corrected chi connectivity index (χ2v) is 4.65. The summed E-state index contributed by atoms with van der Waals surface area (Å²) < 4.78 is 16.8. The van der Waals surface area contributed by atoms with Gasteiger partial charge in [0.15, 0.2) is 11.5 Å². The first-order valence-corrected chi connectivity index (χ1v) is 6.50. The van der Waals surface area contributed by atoms with Gasteiger partial charge >= 0.3 is 0 Å². The standard InChI is InChI=1S/C14H17N3O3/c1-18-12-4-2-3-10(11-7-13(15)17-16-11)14(12)20-9-5-6-19-8-9/h2-4,7,9H,5-6,8H2,1H3,(H3,15,16,17). The van der Waals surface area contributed by atoms with Crippen molar-refractivity contribution in [1.29, 1.82) is 0 Å². The second-order valence-electron chi connectivity index (χ2n) is 4.65. The Kier molecular flexibility index (Phi) is 3.47. The van der Waals surface area contributed by atoms with Crippen LogP contribution in [0.1, 0.15) is 6.42 Å². The molecule has 1 aliphatic heterocycles. The molecular weight excluding hydrogens is 258 g/mol. The van der Waals surface area contributed by atoms with Gasteiger partial charge in [-0.05, 0) is 12.1 Å². The summed E-state index contributed by atoms with van der Waals surface area (Å²) in [6.45, 7) is 1.33. The normalized spacial score (nSPS) is 18.1. The first-order chi connectivity index (χ1) is 9.78. The SMILES string of the molecule is COc1cccc(-c2cc(N)n[nH]2)c1OC1CCOC1. The zero-order chi connectivity index (χ0) is 13.9. The fourth-order valence-electron chi connectivity index (χ4n) is 2.26. The van der Waals surface area contributed by atoms with Gasteiger partial charge < -0.3 is 19.9 Å². The van der Waals surface area contributed by atoms with Gasteiger partial charge in [0.1, 0.15) is 11.9 Å². The first-order valence-electron chi connectivity index (χ1n) is 6.50. The van der Waals surface area contributed by atoms with E-state index < -0.39 is 0 Å². The molecule has 0 saturated carbocycles. The average Bonchev–Trinajstić information content (AvgIpc) is 3.11. The van der Waals surface area contributed by atoms with Crippen LogP contribution in [-0.2, 0) is 4.74 Å². The number of H-pyrrole nitrogens is 1. The van der Waals surface area contributed by atoms with Gasteiger partial charge in [-0.1, -0.05) is 6.07 Å². The molecule has 0 amide bonds. The Bertz CT molecular complexity index is 591. The molecule has 3 rings (SSSR count). The molecule has 106 valence electrons. The zero-order valence-electron chi connectivity index (χ0n) is 11.3. The van der Waals surface area contributed by atoms with Crippen LogP contribution in [0.2, 0.25) is 0 Å². The lowest BCUT2D eigenvalue weighted by Crippen LogP contribution is -2.16. The van der Waals surface area contributed by atoms with Gasteiger partial charge in [-0.25, -0.2) is 0 Å². The minimum Gasteiger partial charge on any atom is -0.493 e. The van der Waals surface area contributed by atoms with Crippen LogP contribution >= 0.6 is 0 Å². The minimum atomic E-state index is 0.0466. The molecule has 1 aromatic carbocycles. The van der Waals surface area contributed by atoms with Crippen molar-refractivity contribution in [3.8, 4) is 22.8 Å². The fraction of sp³-hybridized carbons (Fsp3) is 0.357. The van der Waals surface area contributed by atoms with Crippen LogP contribution in [0, 0.1) is 0 Å². The summed E-state index contributed by atoms with van der Waals surface area (Å²) in [4.78, 5) is 0. The largest absolute Gasteiger partial charge is 0.493 e. The van der Waals surface area contributed by atoms with E-state index >= 15 is 0 Å². The molecule has 20 heavy (non-hydrogen) atoms. The Morgan fingerprint density at radius 3 is 3.00 bits per heavy atom. The van der Waals surface area contributed by atoms with Crippen molar-refractivity contribution in [2.24, 2.45) is 0 Å². The lowest BCUT2D eigenvalue weighted by molar-refractivity contribution is 0.139. The monoisotopic (exact) mass is 275 g/mol. The maximum absolute atomic E-state index is 6.05. The molecule has 0 bridgehead atoms. The molecule has 6 heteroatoms. The highest BCUT2D eigenvalue weighted by molar-refractivity contribution is 5.72. The molecule has 1 fully saturated rings. The van der Waals surface area contributed by atoms with Crippen LogP contribution in [0.25, 0.3) is 11.3 Å². The summed E-state index contributed by atoms with van der Waals surface area (Å²) in [7, 11) is 1.62. The van der Waals surface area contributed by atoms with Gasteiger partial charge in [-0.2, -0.15) is 5.10 Å². The summed E-state index contributed by atoms with van der Waals surface area (Å²) in [5.74, 6) is 1.81. The van der Waals surface area contributed by atoms with E-state index in [1.54, 1.807) is 13.2 Å². The number of nitrogen functional groups attached to an aromatic ring is 1. The van der Waals surface area contributed by atoms with E-state index in [1.807, 2.05) is 18.2 Å². The number of anilines is 1. The van der Waals surface area contributed by atoms with Gasteiger partial charge in [0.2, 0.25) is 0 Å². The Balaban J connectivity index is 1.99. The van der Waals surface area contributed by atoms with Gasteiger partial charge in [0.25, 0.3) is 0 Å². The van der Waals surface area contributed by atoms with Crippen molar-refractivity contribution >= 4 is 5.82 Å². The van der Waals surface area contributed by atoms with Gasteiger partial charge in [-0.15, -0.1) is 0 Å². The van der Waals surface area contributed by atoms with Crippen molar-refractivity contribution in [3.05, 3.63) is 24.3 Å². The molecule has 1 atom stereocenters. The van der Waals surface area contributed by atoms with E-state index in [2.05, 4.69) is 10.2 Å². The van der Waals surface area contributed by atoms with E-state index in [9.17, 15) is 0 Å². The molecule has 6 nitrogen and oxygen atoms in total. The molecule has 1 saturated heterocycles. The number of rotatable bonds is 4.